The Morgan fingerprint density at radius 1 is 0.875 bits per heavy atom. The van der Waals surface area contributed by atoms with E-state index in [1.54, 1.807) is 18.5 Å². The zero-order valence-electron chi connectivity index (χ0n) is 18.3. The molecule has 0 aliphatic carbocycles. The molecule has 1 aliphatic rings. The molecule has 6 nitrogen and oxygen atoms in total. The highest BCUT2D eigenvalue weighted by Gasteiger charge is 2.39. The maximum Gasteiger partial charge on any atom is 0.278 e. The summed E-state index contributed by atoms with van der Waals surface area (Å²) in [4.78, 5) is 34.3. The Hall–Kier alpha value is -3.93. The van der Waals surface area contributed by atoms with Crippen molar-refractivity contribution in [2.75, 3.05) is 23.3 Å². The van der Waals surface area contributed by atoms with E-state index in [-0.39, 0.29) is 18.4 Å². The molecule has 3 aromatic rings. The van der Waals surface area contributed by atoms with Gasteiger partial charge in [0, 0.05) is 36.9 Å². The fourth-order valence-electron chi connectivity index (χ4n) is 3.87. The molecule has 2 heterocycles. The first-order valence-corrected chi connectivity index (χ1v) is 10.8. The molecule has 0 saturated heterocycles. The number of rotatable bonds is 8. The predicted octanol–water partition coefficient (Wildman–Crippen LogP) is 4.32. The van der Waals surface area contributed by atoms with Gasteiger partial charge in [0.15, 0.2) is 0 Å². The van der Waals surface area contributed by atoms with E-state index in [0.717, 1.165) is 30.0 Å². The number of amides is 2. The van der Waals surface area contributed by atoms with Gasteiger partial charge in [-0.25, -0.2) is 0 Å². The van der Waals surface area contributed by atoms with E-state index in [4.69, 9.17) is 0 Å². The van der Waals surface area contributed by atoms with E-state index in [0.29, 0.717) is 16.8 Å². The van der Waals surface area contributed by atoms with Crippen molar-refractivity contribution in [3.05, 3.63) is 95.9 Å². The van der Waals surface area contributed by atoms with Gasteiger partial charge in [0.05, 0.1) is 12.1 Å². The van der Waals surface area contributed by atoms with Crippen molar-refractivity contribution in [1.82, 2.24) is 9.88 Å². The molecule has 1 aliphatic heterocycles. The average Bonchev–Trinajstić information content (AvgIpc) is 3.06. The van der Waals surface area contributed by atoms with Crippen molar-refractivity contribution in [1.29, 1.82) is 0 Å². The number of carbonyl (C=O) groups is 2. The second kappa shape index (κ2) is 9.47. The third kappa shape index (κ3) is 4.25. The van der Waals surface area contributed by atoms with Crippen LogP contribution in [-0.2, 0) is 16.1 Å². The van der Waals surface area contributed by atoms with Crippen LogP contribution in [0.3, 0.4) is 0 Å². The van der Waals surface area contributed by atoms with Crippen LogP contribution in [0.5, 0.6) is 0 Å². The second-order valence-electron chi connectivity index (χ2n) is 7.52. The van der Waals surface area contributed by atoms with Gasteiger partial charge in [-0.2, -0.15) is 0 Å². The lowest BCUT2D eigenvalue weighted by molar-refractivity contribution is -0.137. The molecule has 0 fully saturated rings. The van der Waals surface area contributed by atoms with E-state index < -0.39 is 0 Å². The fraction of sp³-hybridized carbons (Fsp3) is 0.192. The highest BCUT2D eigenvalue weighted by atomic mass is 16.2. The number of carbonyl (C=O) groups excluding carboxylic acids is 2. The van der Waals surface area contributed by atoms with E-state index in [1.807, 2.05) is 60.7 Å². The molecule has 1 N–H and O–H groups in total. The molecule has 162 valence electrons. The van der Waals surface area contributed by atoms with E-state index in [2.05, 4.69) is 29.0 Å². The first-order chi connectivity index (χ1) is 15.6. The summed E-state index contributed by atoms with van der Waals surface area (Å²) >= 11 is 0. The van der Waals surface area contributed by atoms with Crippen molar-refractivity contribution >= 4 is 28.8 Å². The summed E-state index contributed by atoms with van der Waals surface area (Å²) in [5.41, 5.74) is 4.06. The van der Waals surface area contributed by atoms with Gasteiger partial charge in [-0.1, -0.05) is 36.4 Å². The van der Waals surface area contributed by atoms with Crippen LogP contribution in [0, 0.1) is 0 Å². The molecule has 0 bridgehead atoms. The molecule has 4 rings (SSSR count). The van der Waals surface area contributed by atoms with Gasteiger partial charge < -0.3 is 10.2 Å². The predicted molar refractivity (Wildman–Crippen MR) is 127 cm³/mol. The first-order valence-electron chi connectivity index (χ1n) is 10.8. The molecule has 32 heavy (non-hydrogen) atoms. The SMILES string of the molecule is CCN(CC)c1ccc(NC2=C(c3ccccc3)C(=O)N(Cc3cccnc3)C2=O)cc1. The van der Waals surface area contributed by atoms with Crippen LogP contribution in [0.25, 0.3) is 5.57 Å². The molecular weight excluding hydrogens is 400 g/mol. The van der Waals surface area contributed by atoms with E-state index in [1.165, 1.54) is 4.90 Å². The highest BCUT2D eigenvalue weighted by Crippen LogP contribution is 2.31. The maximum atomic E-state index is 13.3. The number of imide groups is 1. The third-order valence-electron chi connectivity index (χ3n) is 5.56. The van der Waals surface area contributed by atoms with Crippen LogP contribution in [-0.4, -0.2) is 34.8 Å². The lowest BCUT2D eigenvalue weighted by Gasteiger charge is -2.21. The van der Waals surface area contributed by atoms with Gasteiger partial charge in [-0.05, 0) is 55.3 Å². The smallest absolute Gasteiger partial charge is 0.278 e. The number of aromatic nitrogens is 1. The minimum absolute atomic E-state index is 0.175. The molecule has 0 atom stereocenters. The topological polar surface area (TPSA) is 65.5 Å². The molecule has 0 unspecified atom stereocenters. The lowest BCUT2D eigenvalue weighted by Crippen LogP contribution is -2.32. The molecule has 2 aromatic carbocycles. The summed E-state index contributed by atoms with van der Waals surface area (Å²) in [5, 5.41) is 3.22. The number of nitrogens with zero attached hydrogens (tertiary/aromatic N) is 3. The monoisotopic (exact) mass is 426 g/mol. The summed E-state index contributed by atoms with van der Waals surface area (Å²) in [7, 11) is 0. The van der Waals surface area contributed by atoms with Gasteiger partial charge in [0.1, 0.15) is 5.70 Å². The average molecular weight is 427 g/mol. The van der Waals surface area contributed by atoms with Crippen molar-refractivity contribution < 1.29 is 9.59 Å². The standard InChI is InChI=1S/C26H26N4O2/c1-3-29(4-2)22-14-12-21(13-15-22)28-24-23(20-10-6-5-7-11-20)25(31)30(26(24)32)18-19-9-8-16-27-17-19/h5-17,28H,3-4,18H2,1-2H3. The Bertz CT molecular complexity index is 1120. The van der Waals surface area contributed by atoms with Crippen molar-refractivity contribution in [2.45, 2.75) is 20.4 Å². The van der Waals surface area contributed by atoms with Crippen LogP contribution in [0.4, 0.5) is 11.4 Å². The number of anilines is 2. The van der Waals surface area contributed by atoms with Crippen LogP contribution < -0.4 is 10.2 Å². The Morgan fingerprint density at radius 3 is 2.22 bits per heavy atom. The van der Waals surface area contributed by atoms with Crippen LogP contribution in [0.2, 0.25) is 0 Å². The molecule has 0 saturated carbocycles. The summed E-state index contributed by atoms with van der Waals surface area (Å²) in [5.74, 6) is -0.655. The Balaban J connectivity index is 1.67. The second-order valence-corrected chi connectivity index (χ2v) is 7.52. The van der Waals surface area contributed by atoms with Crippen molar-refractivity contribution in [3.8, 4) is 0 Å². The molecule has 1 aromatic heterocycles. The molecular formula is C26H26N4O2. The summed E-state index contributed by atoms with van der Waals surface area (Å²) in [6, 6.07) is 20.9. The Kier molecular flexibility index (Phi) is 6.31. The normalized spacial score (nSPS) is 13.6. The molecule has 2 amide bonds. The maximum absolute atomic E-state index is 13.3. The fourth-order valence-corrected chi connectivity index (χ4v) is 3.87. The lowest BCUT2D eigenvalue weighted by atomic mass is 10.0. The van der Waals surface area contributed by atoms with Crippen molar-refractivity contribution in [2.24, 2.45) is 0 Å². The minimum Gasteiger partial charge on any atom is -0.372 e. The molecule has 0 spiro atoms. The zero-order chi connectivity index (χ0) is 22.5. The van der Waals surface area contributed by atoms with Crippen LogP contribution >= 0.6 is 0 Å². The summed E-state index contributed by atoms with van der Waals surface area (Å²) in [6.07, 6.45) is 3.33. The van der Waals surface area contributed by atoms with Crippen LogP contribution in [0.15, 0.2) is 84.8 Å². The Morgan fingerprint density at radius 2 is 1.59 bits per heavy atom. The van der Waals surface area contributed by atoms with E-state index >= 15 is 0 Å². The number of pyridine rings is 1. The summed E-state index contributed by atoms with van der Waals surface area (Å²) < 4.78 is 0. The number of benzene rings is 2. The molecule has 6 heteroatoms. The Labute approximate surface area is 188 Å². The quantitative estimate of drug-likeness (QED) is 0.544. The van der Waals surface area contributed by atoms with Gasteiger partial charge >= 0.3 is 0 Å². The zero-order valence-corrected chi connectivity index (χ0v) is 18.3. The summed E-state index contributed by atoms with van der Waals surface area (Å²) in [6.45, 7) is 6.25. The van der Waals surface area contributed by atoms with Crippen molar-refractivity contribution in [3.63, 3.8) is 0 Å². The highest BCUT2D eigenvalue weighted by molar-refractivity contribution is 6.36. The van der Waals surface area contributed by atoms with Gasteiger partial charge in [0.2, 0.25) is 0 Å². The molecule has 0 radical (unpaired) electrons. The number of nitrogens with one attached hydrogen (secondary N) is 1. The number of hydrogen-bond donors (Lipinski definition) is 1. The largest absolute Gasteiger partial charge is 0.372 e. The van der Waals surface area contributed by atoms with Gasteiger partial charge in [-0.3, -0.25) is 19.5 Å². The van der Waals surface area contributed by atoms with Crippen LogP contribution in [0.1, 0.15) is 25.0 Å². The van der Waals surface area contributed by atoms with Gasteiger partial charge in [-0.15, -0.1) is 0 Å². The van der Waals surface area contributed by atoms with Gasteiger partial charge in [0.25, 0.3) is 11.8 Å². The third-order valence-corrected chi connectivity index (χ3v) is 5.56. The minimum atomic E-state index is -0.342. The number of hydrogen-bond acceptors (Lipinski definition) is 5. The first kappa shape index (κ1) is 21.3. The van der Waals surface area contributed by atoms with E-state index in [9.17, 15) is 9.59 Å².